The summed E-state index contributed by atoms with van der Waals surface area (Å²) < 4.78 is 6.78. The number of rotatable bonds is 13. The van der Waals surface area contributed by atoms with Gasteiger partial charge in [-0.25, -0.2) is 29.9 Å². The molecule has 5 aromatic heterocycles. The summed E-state index contributed by atoms with van der Waals surface area (Å²) in [6, 6.07) is 91.0. The van der Waals surface area contributed by atoms with Crippen molar-refractivity contribution >= 4 is 38.8 Å². The highest BCUT2D eigenvalue weighted by Crippen LogP contribution is 2.42. The summed E-state index contributed by atoms with van der Waals surface area (Å²) in [5.41, 5.74) is 14.0. The second-order valence-corrected chi connectivity index (χ2v) is 20.5. The minimum Gasteiger partial charge on any atom is -0.310 e. The maximum atomic E-state index is 5.17. The van der Waals surface area contributed by atoms with Crippen LogP contribution in [0.25, 0.3) is 147 Å². The Balaban J connectivity index is 0.874. The van der Waals surface area contributed by atoms with Crippen LogP contribution in [0.2, 0.25) is 0 Å². The Labute approximate surface area is 489 Å². The molecule has 11 heteroatoms. The van der Waals surface area contributed by atoms with Crippen LogP contribution in [0, 0.1) is 0 Å². The van der Waals surface area contributed by atoms with Crippen molar-refractivity contribution in [2.45, 2.75) is 0 Å². The van der Waals surface area contributed by atoms with Gasteiger partial charge in [0.2, 0.25) is 0 Å². The van der Waals surface area contributed by atoms with E-state index in [1.54, 1.807) is 6.08 Å². The number of fused-ring (bicyclic) bond motifs is 4. The molecule has 0 bridgehead atoms. The maximum absolute atomic E-state index is 5.17. The first-order valence-electron chi connectivity index (χ1n) is 28.0. The van der Waals surface area contributed by atoms with E-state index in [9.17, 15) is 0 Å². The van der Waals surface area contributed by atoms with E-state index in [0.29, 0.717) is 46.6 Å². The van der Waals surface area contributed by atoms with E-state index in [1.165, 1.54) is 0 Å². The molecule has 5 heterocycles. The average Bonchev–Trinajstić information content (AvgIpc) is 1.87. The lowest BCUT2D eigenvalue weighted by Gasteiger charge is -2.14. The van der Waals surface area contributed by atoms with E-state index in [4.69, 9.17) is 40.1 Å². The highest BCUT2D eigenvalue weighted by Gasteiger charge is 2.25. The van der Waals surface area contributed by atoms with Gasteiger partial charge in [0.25, 0.3) is 0 Å². The molecule has 0 unspecified atom stereocenters. The van der Waals surface area contributed by atoms with E-state index in [1.807, 2.05) is 133 Å². The van der Waals surface area contributed by atoms with Gasteiger partial charge in [0.05, 0.1) is 16.6 Å². The number of hydrogen-bond donors (Lipinski definition) is 0. The van der Waals surface area contributed by atoms with Crippen molar-refractivity contribution < 1.29 is 0 Å². The molecule has 0 atom stereocenters. The molecular weight excluding hydrogens is 1040 g/mol. The molecule has 0 saturated heterocycles. The summed E-state index contributed by atoms with van der Waals surface area (Å²) >= 11 is 0. The van der Waals surface area contributed by atoms with Crippen LogP contribution in [0.4, 0.5) is 0 Å². The number of benzene rings is 10. The summed E-state index contributed by atoms with van der Waals surface area (Å²) in [5.74, 6) is 4.96. The zero-order valence-electron chi connectivity index (χ0n) is 45.8. The molecule has 0 amide bonds. The van der Waals surface area contributed by atoms with Crippen LogP contribution in [-0.4, -0.2) is 53.8 Å². The molecule has 0 aliphatic carbocycles. The molecule has 0 N–H and O–H groups in total. The topological polar surface area (TPSA) is 118 Å². The first-order valence-corrected chi connectivity index (χ1v) is 28.0. The van der Waals surface area contributed by atoms with Gasteiger partial charge in [-0.05, 0) is 66.7 Å². The predicted octanol–water partition coefficient (Wildman–Crippen LogP) is 17.2. The molecular formula is C74H49N11. The second kappa shape index (κ2) is 21.6. The Morgan fingerprint density at radius 1 is 0.294 bits per heavy atom. The molecule has 0 fully saturated rings. The molecule has 0 aliphatic heterocycles. The third-order valence-electron chi connectivity index (χ3n) is 15.3. The molecule has 15 rings (SSSR count). The zero-order valence-corrected chi connectivity index (χ0v) is 45.8. The van der Waals surface area contributed by atoms with Crippen LogP contribution in [0.15, 0.2) is 286 Å². The van der Waals surface area contributed by atoms with Gasteiger partial charge in [0.1, 0.15) is 0 Å². The van der Waals surface area contributed by atoms with Gasteiger partial charge >= 0.3 is 0 Å². The molecule has 400 valence electrons. The SMILES string of the molecule is C=C/C=C\c1cc2c(-c3nnc(-c4cccc5c4c4ccccc4n5-c4cccc(-c5nc(-c6ccccc6)nc(-c6ccccc6)n5)c4)n3-c3ccccc3)cccc2n1-c1cccc(-c2nc(-c3ccccc3)nc(-c3ccccc3)n2)c1. The Hall–Kier alpha value is -11.8. The van der Waals surface area contributed by atoms with Crippen molar-refractivity contribution in [3.05, 3.63) is 291 Å². The number of para-hydroxylation sites is 2. The highest BCUT2D eigenvalue weighted by atomic mass is 15.3. The standard InChI is InChI=1S/C74H49N11/c1-2-3-35-58-48-62-59(41-23-44-64(62)83(58)56-38-21-33-53(46-56)71-77-67(49-25-9-4-10-26-49)75-68(78-71)50-27-11-5-12-28-50)73-81-82-74(85(73)55-36-17-8-18-37-55)61-42-24-45-65-66(61)60-40-19-20-43-63(60)84(65)57-39-22-34-54(47-57)72-79-69(51-29-13-6-14-30-51)76-70(80-72)52-31-15-7-16-32-52/h2-48H,1H2/b35-3-. The Morgan fingerprint density at radius 3 is 1.19 bits per heavy atom. The quantitative estimate of drug-likeness (QED) is 0.105. The van der Waals surface area contributed by atoms with Gasteiger partial charge in [0, 0.05) is 83.4 Å². The molecule has 0 radical (unpaired) electrons. The van der Waals surface area contributed by atoms with Crippen LogP contribution in [0.3, 0.4) is 0 Å². The molecule has 0 aliphatic rings. The summed E-state index contributed by atoms with van der Waals surface area (Å²) in [4.78, 5) is 30.3. The van der Waals surface area contributed by atoms with Crippen molar-refractivity contribution in [2.75, 3.05) is 0 Å². The van der Waals surface area contributed by atoms with Crippen LogP contribution >= 0.6 is 0 Å². The lowest BCUT2D eigenvalue weighted by molar-refractivity contribution is 1.07. The van der Waals surface area contributed by atoms with E-state index < -0.39 is 0 Å². The summed E-state index contributed by atoms with van der Waals surface area (Å²) in [6.45, 7) is 4.05. The third kappa shape index (κ3) is 9.24. The molecule has 11 nitrogen and oxygen atoms in total. The number of aromatic nitrogens is 11. The van der Waals surface area contributed by atoms with Gasteiger partial charge in [0.15, 0.2) is 46.6 Å². The Kier molecular flexibility index (Phi) is 12.7. The van der Waals surface area contributed by atoms with Crippen molar-refractivity contribution in [1.82, 2.24) is 53.8 Å². The van der Waals surface area contributed by atoms with Crippen LogP contribution in [-0.2, 0) is 0 Å². The fourth-order valence-corrected chi connectivity index (χ4v) is 11.4. The van der Waals surface area contributed by atoms with Gasteiger partial charge in [-0.2, -0.15) is 0 Å². The molecule has 15 aromatic rings. The number of allylic oxidation sites excluding steroid dienone is 2. The zero-order chi connectivity index (χ0) is 56.6. The molecule has 0 spiro atoms. The summed E-state index contributed by atoms with van der Waals surface area (Å²) in [7, 11) is 0. The Morgan fingerprint density at radius 2 is 0.671 bits per heavy atom. The Bertz CT molecular complexity index is 4900. The third-order valence-corrected chi connectivity index (χ3v) is 15.3. The largest absolute Gasteiger partial charge is 0.310 e. The average molecular weight is 1090 g/mol. The first kappa shape index (κ1) is 50.2. The van der Waals surface area contributed by atoms with Crippen LogP contribution in [0.5, 0.6) is 0 Å². The van der Waals surface area contributed by atoms with Gasteiger partial charge in [-0.1, -0.05) is 225 Å². The fourth-order valence-electron chi connectivity index (χ4n) is 11.4. The smallest absolute Gasteiger partial charge is 0.169 e. The van der Waals surface area contributed by atoms with Gasteiger partial charge < -0.3 is 9.13 Å². The van der Waals surface area contributed by atoms with E-state index >= 15 is 0 Å². The normalized spacial score (nSPS) is 11.5. The van der Waals surface area contributed by atoms with Crippen LogP contribution < -0.4 is 0 Å². The van der Waals surface area contributed by atoms with Crippen LogP contribution in [0.1, 0.15) is 5.69 Å². The number of hydrogen-bond acceptors (Lipinski definition) is 8. The van der Waals surface area contributed by atoms with Crippen molar-refractivity contribution in [1.29, 1.82) is 0 Å². The minimum atomic E-state index is 0.569. The lowest BCUT2D eigenvalue weighted by Crippen LogP contribution is -2.02. The predicted molar refractivity (Wildman–Crippen MR) is 342 cm³/mol. The van der Waals surface area contributed by atoms with E-state index in [-0.39, 0.29) is 0 Å². The van der Waals surface area contributed by atoms with Crippen molar-refractivity contribution in [2.24, 2.45) is 0 Å². The molecule has 10 aromatic carbocycles. The minimum absolute atomic E-state index is 0.569. The lowest BCUT2D eigenvalue weighted by atomic mass is 10.0. The van der Waals surface area contributed by atoms with Crippen molar-refractivity contribution in [3.8, 4) is 108 Å². The van der Waals surface area contributed by atoms with Gasteiger partial charge in [-0.3, -0.25) is 4.57 Å². The molecule has 85 heavy (non-hydrogen) atoms. The van der Waals surface area contributed by atoms with Crippen molar-refractivity contribution in [3.63, 3.8) is 0 Å². The highest BCUT2D eigenvalue weighted by molar-refractivity contribution is 6.15. The summed E-state index contributed by atoms with van der Waals surface area (Å²) in [5, 5.41) is 13.4. The van der Waals surface area contributed by atoms with Gasteiger partial charge in [-0.15, -0.1) is 10.2 Å². The fraction of sp³-hybridized carbons (Fsp3) is 0. The second-order valence-electron chi connectivity index (χ2n) is 20.5. The van der Waals surface area contributed by atoms with E-state index in [2.05, 4.69) is 166 Å². The molecule has 0 saturated carbocycles. The summed E-state index contributed by atoms with van der Waals surface area (Å²) in [6.07, 6.45) is 5.85. The first-order chi connectivity index (χ1) is 42.1. The number of nitrogens with zero attached hydrogens (tertiary/aromatic N) is 11. The van der Waals surface area contributed by atoms with E-state index in [0.717, 1.165) is 100.0 Å². The maximum Gasteiger partial charge on any atom is 0.169 e. The monoisotopic (exact) mass is 1090 g/mol.